The number of Topliss-reactive ketones (excluding diaryl/α,β-unsaturated/α-hetero) is 1. The van der Waals surface area contributed by atoms with Gasteiger partial charge in [0.05, 0.1) is 23.3 Å². The van der Waals surface area contributed by atoms with Gasteiger partial charge in [0.2, 0.25) is 5.91 Å². The van der Waals surface area contributed by atoms with Crippen molar-refractivity contribution in [3.05, 3.63) is 83.6 Å². The van der Waals surface area contributed by atoms with Gasteiger partial charge in [-0.25, -0.2) is 4.98 Å². The van der Waals surface area contributed by atoms with E-state index in [9.17, 15) is 22.8 Å². The van der Waals surface area contributed by atoms with E-state index in [4.69, 9.17) is 10.5 Å². The third-order valence-corrected chi connectivity index (χ3v) is 6.62. The molecule has 0 aliphatic carbocycles. The molecule has 1 aromatic heterocycles. The van der Waals surface area contributed by atoms with Crippen LogP contribution in [0.2, 0.25) is 0 Å². The fraction of sp³-hybridized carbons (Fsp3) is 0.321. The van der Waals surface area contributed by atoms with Gasteiger partial charge in [0, 0.05) is 25.3 Å². The van der Waals surface area contributed by atoms with Crippen LogP contribution >= 0.6 is 0 Å². The highest BCUT2D eigenvalue weighted by Crippen LogP contribution is 2.36. The minimum Gasteiger partial charge on any atom is -0.384 e. The second kappa shape index (κ2) is 11.6. The first-order valence-electron chi connectivity index (χ1n) is 12.3. The third kappa shape index (κ3) is 6.69. The zero-order valence-corrected chi connectivity index (χ0v) is 20.7. The van der Waals surface area contributed by atoms with Crippen molar-refractivity contribution in [2.75, 3.05) is 24.3 Å². The van der Waals surface area contributed by atoms with Crippen molar-refractivity contribution in [2.24, 2.45) is 5.41 Å². The lowest BCUT2D eigenvalue weighted by molar-refractivity contribution is -0.137. The second-order valence-corrected chi connectivity index (χ2v) is 9.36. The molecule has 0 spiro atoms. The van der Waals surface area contributed by atoms with Crippen LogP contribution < -0.4 is 16.4 Å². The Morgan fingerprint density at radius 3 is 2.47 bits per heavy atom. The fourth-order valence-electron chi connectivity index (χ4n) is 4.49. The van der Waals surface area contributed by atoms with Crippen LogP contribution in [0.4, 0.5) is 30.4 Å². The number of halogens is 3. The zero-order chi connectivity index (χ0) is 27.2. The lowest BCUT2D eigenvalue weighted by Gasteiger charge is -2.26. The summed E-state index contributed by atoms with van der Waals surface area (Å²) in [6.45, 7) is 1.01. The first-order chi connectivity index (χ1) is 18.2. The van der Waals surface area contributed by atoms with Crippen LogP contribution in [0, 0.1) is 5.41 Å². The largest absolute Gasteiger partial charge is 0.418 e. The molecule has 10 heteroatoms. The lowest BCUT2D eigenvalue weighted by atomic mass is 9.80. The Morgan fingerprint density at radius 1 is 1.03 bits per heavy atom. The maximum atomic E-state index is 13.2. The molecule has 0 radical (unpaired) electrons. The Balaban J connectivity index is 1.31. The molecule has 0 saturated carbocycles. The van der Waals surface area contributed by atoms with Crippen molar-refractivity contribution in [1.29, 1.82) is 0 Å². The number of rotatable bonds is 10. The number of amides is 1. The zero-order valence-electron chi connectivity index (χ0n) is 20.7. The number of anilines is 3. The molecule has 1 aliphatic heterocycles. The number of nitrogen functional groups attached to an aromatic ring is 1. The van der Waals surface area contributed by atoms with Gasteiger partial charge < -0.3 is 21.1 Å². The van der Waals surface area contributed by atoms with Crippen molar-refractivity contribution in [3.8, 4) is 0 Å². The van der Waals surface area contributed by atoms with Crippen molar-refractivity contribution in [2.45, 2.75) is 38.4 Å². The number of hydrogen-bond donors (Lipinski definition) is 3. The Kier molecular flexibility index (Phi) is 8.31. The quantitative estimate of drug-likeness (QED) is 0.301. The molecule has 1 unspecified atom stereocenters. The molecule has 1 saturated heterocycles. The highest BCUT2D eigenvalue weighted by Gasteiger charge is 2.41. The van der Waals surface area contributed by atoms with E-state index in [1.165, 1.54) is 18.2 Å². The van der Waals surface area contributed by atoms with Crippen molar-refractivity contribution in [3.63, 3.8) is 0 Å². The molecule has 3 aromatic rings. The van der Waals surface area contributed by atoms with Gasteiger partial charge in [-0.15, -0.1) is 0 Å². The van der Waals surface area contributed by atoms with Gasteiger partial charge in [0.15, 0.2) is 5.78 Å². The predicted octanol–water partition coefficient (Wildman–Crippen LogP) is 5.50. The number of ether oxygens (including phenoxy) is 1. The topological polar surface area (TPSA) is 106 Å². The monoisotopic (exact) mass is 526 g/mol. The minimum atomic E-state index is -4.46. The van der Waals surface area contributed by atoms with Crippen LogP contribution in [0.3, 0.4) is 0 Å². The molecular formula is C28H29F3N4O3. The van der Waals surface area contributed by atoms with E-state index in [-0.39, 0.29) is 42.8 Å². The van der Waals surface area contributed by atoms with E-state index >= 15 is 0 Å². The first kappa shape index (κ1) is 27.1. The summed E-state index contributed by atoms with van der Waals surface area (Å²) in [5.41, 5.74) is 5.76. The van der Waals surface area contributed by atoms with E-state index < -0.39 is 17.2 Å². The Labute approximate surface area is 218 Å². The number of ketones is 1. The molecule has 2 heterocycles. The summed E-state index contributed by atoms with van der Waals surface area (Å²) in [6, 6.07) is 17.0. The standard InChI is InChI=1S/C28H29F3N4O3/c29-28(30,31)21-5-1-2-6-22(21)34-20-12-10-19(11-13-20)17-33-26(37)27(15-16-38-18-27)14-4-8-24(36)23-7-3-9-25(32)35-23/h1-3,5-7,9-13,34H,4,8,14-18H2,(H2,32,35)(H,33,37). The molecule has 200 valence electrons. The molecule has 1 atom stereocenters. The Morgan fingerprint density at radius 2 is 1.79 bits per heavy atom. The Hall–Kier alpha value is -3.92. The summed E-state index contributed by atoms with van der Waals surface area (Å²) in [4.78, 5) is 29.7. The second-order valence-electron chi connectivity index (χ2n) is 9.36. The Bertz CT molecular complexity index is 1270. The average molecular weight is 527 g/mol. The number of nitrogens with two attached hydrogens (primary N) is 1. The van der Waals surface area contributed by atoms with Crippen LogP contribution in [-0.2, 0) is 22.3 Å². The van der Waals surface area contributed by atoms with Gasteiger partial charge in [-0.05, 0) is 61.2 Å². The maximum absolute atomic E-state index is 13.2. The van der Waals surface area contributed by atoms with Crippen molar-refractivity contribution >= 4 is 28.9 Å². The molecule has 2 aromatic carbocycles. The van der Waals surface area contributed by atoms with E-state index in [1.807, 2.05) is 0 Å². The van der Waals surface area contributed by atoms with Crippen LogP contribution in [0.15, 0.2) is 66.7 Å². The highest BCUT2D eigenvalue weighted by atomic mass is 19.4. The molecule has 38 heavy (non-hydrogen) atoms. The number of nitrogens with one attached hydrogen (secondary N) is 2. The number of carbonyl (C=O) groups excluding carboxylic acids is 2. The molecule has 1 aliphatic rings. The predicted molar refractivity (Wildman–Crippen MR) is 138 cm³/mol. The minimum absolute atomic E-state index is 0.0331. The number of carbonyl (C=O) groups is 2. The van der Waals surface area contributed by atoms with E-state index in [0.717, 1.165) is 11.6 Å². The normalized spacial score (nSPS) is 17.2. The first-order valence-corrected chi connectivity index (χ1v) is 12.3. The summed E-state index contributed by atoms with van der Waals surface area (Å²) >= 11 is 0. The van der Waals surface area contributed by atoms with E-state index in [2.05, 4.69) is 15.6 Å². The van der Waals surface area contributed by atoms with E-state index in [1.54, 1.807) is 42.5 Å². The number of hydrogen-bond acceptors (Lipinski definition) is 6. The van der Waals surface area contributed by atoms with Crippen molar-refractivity contribution in [1.82, 2.24) is 10.3 Å². The summed E-state index contributed by atoms with van der Waals surface area (Å²) in [6.07, 6.45) is -2.66. The van der Waals surface area contributed by atoms with Gasteiger partial charge in [-0.2, -0.15) is 13.2 Å². The third-order valence-electron chi connectivity index (χ3n) is 6.62. The van der Waals surface area contributed by atoms with Gasteiger partial charge in [0.25, 0.3) is 0 Å². The maximum Gasteiger partial charge on any atom is 0.418 e. The fourth-order valence-corrected chi connectivity index (χ4v) is 4.49. The molecule has 7 nitrogen and oxygen atoms in total. The average Bonchev–Trinajstić information content (AvgIpc) is 3.38. The van der Waals surface area contributed by atoms with Gasteiger partial charge >= 0.3 is 6.18 Å². The number of aromatic nitrogens is 1. The van der Waals surface area contributed by atoms with Crippen LogP contribution in [0.5, 0.6) is 0 Å². The molecule has 4 rings (SSSR count). The highest BCUT2D eigenvalue weighted by molar-refractivity contribution is 5.94. The number of nitrogens with zero attached hydrogens (tertiary/aromatic N) is 1. The van der Waals surface area contributed by atoms with Gasteiger partial charge in [-0.1, -0.05) is 30.3 Å². The van der Waals surface area contributed by atoms with Crippen molar-refractivity contribution < 1.29 is 27.5 Å². The molecule has 0 bridgehead atoms. The smallest absolute Gasteiger partial charge is 0.384 e. The SMILES string of the molecule is Nc1cccc(C(=O)CCCC2(C(=O)NCc3ccc(Nc4ccccc4C(F)(F)F)cc3)CCOC2)n1. The summed E-state index contributed by atoms with van der Waals surface area (Å²) < 4.78 is 45.3. The van der Waals surface area contributed by atoms with Crippen LogP contribution in [-0.4, -0.2) is 29.9 Å². The molecule has 4 N–H and O–H groups in total. The number of para-hydroxylation sites is 1. The summed E-state index contributed by atoms with van der Waals surface area (Å²) in [7, 11) is 0. The molecule has 1 amide bonds. The van der Waals surface area contributed by atoms with Gasteiger partial charge in [-0.3, -0.25) is 9.59 Å². The van der Waals surface area contributed by atoms with Gasteiger partial charge in [0.1, 0.15) is 11.5 Å². The molecule has 1 fully saturated rings. The summed E-state index contributed by atoms with van der Waals surface area (Å²) in [5.74, 6) is 0.00925. The van der Waals surface area contributed by atoms with Crippen LogP contribution in [0.1, 0.15) is 47.3 Å². The van der Waals surface area contributed by atoms with Crippen LogP contribution in [0.25, 0.3) is 0 Å². The number of benzene rings is 2. The number of pyridine rings is 1. The summed E-state index contributed by atoms with van der Waals surface area (Å²) in [5, 5.41) is 5.76. The molecular weight excluding hydrogens is 497 g/mol. The van der Waals surface area contributed by atoms with E-state index in [0.29, 0.717) is 37.3 Å². The number of alkyl halides is 3. The lowest BCUT2D eigenvalue weighted by Crippen LogP contribution is -2.41.